The summed E-state index contributed by atoms with van der Waals surface area (Å²) in [5.74, 6) is 0.118. The van der Waals surface area contributed by atoms with Crippen molar-refractivity contribution < 1.29 is 9.59 Å². The second-order valence-electron chi connectivity index (χ2n) is 4.94. The zero-order chi connectivity index (χ0) is 12.3. The SMILES string of the molecule is CC(=O)N1CCN(CC(C)(C)C(=O)Cl)CC1. The molecule has 0 bridgehead atoms. The fourth-order valence-corrected chi connectivity index (χ4v) is 1.90. The number of piperazine rings is 1. The number of hydrogen-bond acceptors (Lipinski definition) is 3. The smallest absolute Gasteiger partial charge is 0.228 e. The summed E-state index contributed by atoms with van der Waals surface area (Å²) in [7, 11) is 0. The number of amides is 1. The van der Waals surface area contributed by atoms with E-state index in [1.165, 1.54) is 0 Å². The highest BCUT2D eigenvalue weighted by Gasteiger charge is 2.30. The van der Waals surface area contributed by atoms with Crippen molar-refractivity contribution in [3.05, 3.63) is 0 Å². The van der Waals surface area contributed by atoms with Crippen LogP contribution in [0.3, 0.4) is 0 Å². The van der Waals surface area contributed by atoms with E-state index in [0.29, 0.717) is 6.54 Å². The Kier molecular flexibility index (Phi) is 4.33. The van der Waals surface area contributed by atoms with Crippen LogP contribution in [-0.2, 0) is 9.59 Å². The molecule has 0 aromatic heterocycles. The molecule has 1 saturated heterocycles. The predicted molar refractivity (Wildman–Crippen MR) is 63.3 cm³/mol. The van der Waals surface area contributed by atoms with E-state index in [-0.39, 0.29) is 11.1 Å². The fourth-order valence-electron chi connectivity index (χ4n) is 1.84. The first-order chi connectivity index (χ1) is 7.33. The molecule has 1 rings (SSSR count). The van der Waals surface area contributed by atoms with E-state index in [4.69, 9.17) is 11.6 Å². The van der Waals surface area contributed by atoms with Gasteiger partial charge < -0.3 is 4.90 Å². The summed E-state index contributed by atoms with van der Waals surface area (Å²) in [6.45, 7) is 9.03. The molecule has 0 aromatic carbocycles. The summed E-state index contributed by atoms with van der Waals surface area (Å²) < 4.78 is 0. The van der Waals surface area contributed by atoms with Crippen LogP contribution in [0, 0.1) is 5.41 Å². The number of halogens is 1. The van der Waals surface area contributed by atoms with Crippen molar-refractivity contribution in [2.45, 2.75) is 20.8 Å². The van der Waals surface area contributed by atoms with Crippen molar-refractivity contribution >= 4 is 22.8 Å². The summed E-state index contributed by atoms with van der Waals surface area (Å²) in [5, 5.41) is -0.304. The van der Waals surface area contributed by atoms with Gasteiger partial charge in [0.25, 0.3) is 0 Å². The minimum atomic E-state index is -0.514. The van der Waals surface area contributed by atoms with Crippen molar-refractivity contribution in [3.8, 4) is 0 Å². The van der Waals surface area contributed by atoms with Crippen LogP contribution >= 0.6 is 11.6 Å². The van der Waals surface area contributed by atoms with Crippen LogP contribution in [-0.4, -0.2) is 53.7 Å². The Morgan fingerprint density at radius 3 is 2.06 bits per heavy atom. The van der Waals surface area contributed by atoms with Gasteiger partial charge in [-0.2, -0.15) is 0 Å². The molecular formula is C11H19ClN2O2. The average molecular weight is 247 g/mol. The highest BCUT2D eigenvalue weighted by Crippen LogP contribution is 2.21. The Morgan fingerprint density at radius 2 is 1.69 bits per heavy atom. The van der Waals surface area contributed by atoms with Crippen molar-refractivity contribution in [2.75, 3.05) is 32.7 Å². The molecule has 0 spiro atoms. The van der Waals surface area contributed by atoms with Crippen LogP contribution in [0.15, 0.2) is 0 Å². The molecule has 16 heavy (non-hydrogen) atoms. The number of hydrogen-bond donors (Lipinski definition) is 0. The van der Waals surface area contributed by atoms with Gasteiger partial charge in [0.15, 0.2) is 0 Å². The van der Waals surface area contributed by atoms with Crippen LogP contribution in [0.1, 0.15) is 20.8 Å². The molecule has 0 atom stereocenters. The maximum atomic E-state index is 11.2. The fraction of sp³-hybridized carbons (Fsp3) is 0.818. The van der Waals surface area contributed by atoms with Crippen LogP contribution < -0.4 is 0 Å². The van der Waals surface area contributed by atoms with Gasteiger partial charge in [0.05, 0.1) is 5.41 Å². The molecule has 0 aliphatic carbocycles. The first-order valence-electron chi connectivity index (χ1n) is 5.51. The number of nitrogens with zero attached hydrogens (tertiary/aromatic N) is 2. The van der Waals surface area contributed by atoms with E-state index in [9.17, 15) is 9.59 Å². The molecule has 1 heterocycles. The minimum Gasteiger partial charge on any atom is -0.340 e. The molecule has 1 amide bonds. The Morgan fingerprint density at radius 1 is 1.19 bits per heavy atom. The first kappa shape index (κ1) is 13.5. The molecule has 1 fully saturated rings. The average Bonchev–Trinajstić information content (AvgIpc) is 2.17. The van der Waals surface area contributed by atoms with Crippen molar-refractivity contribution in [1.29, 1.82) is 0 Å². The molecule has 0 unspecified atom stereocenters. The first-order valence-corrected chi connectivity index (χ1v) is 5.88. The van der Waals surface area contributed by atoms with E-state index in [1.807, 2.05) is 18.7 Å². The van der Waals surface area contributed by atoms with E-state index < -0.39 is 5.41 Å². The maximum absolute atomic E-state index is 11.2. The van der Waals surface area contributed by atoms with Crippen LogP contribution in [0.5, 0.6) is 0 Å². The van der Waals surface area contributed by atoms with E-state index in [0.717, 1.165) is 26.2 Å². The lowest BCUT2D eigenvalue weighted by Crippen LogP contribution is -2.51. The summed E-state index contributed by atoms with van der Waals surface area (Å²) in [6, 6.07) is 0. The van der Waals surface area contributed by atoms with E-state index >= 15 is 0 Å². The highest BCUT2D eigenvalue weighted by atomic mass is 35.5. The van der Waals surface area contributed by atoms with E-state index in [1.54, 1.807) is 6.92 Å². The van der Waals surface area contributed by atoms with Gasteiger partial charge in [-0.15, -0.1) is 0 Å². The Bertz CT molecular complexity index is 284. The van der Waals surface area contributed by atoms with Crippen molar-refractivity contribution in [1.82, 2.24) is 9.80 Å². The standard InChI is InChI=1S/C11H19ClN2O2/c1-9(15)14-6-4-13(5-7-14)8-11(2,3)10(12)16/h4-8H2,1-3H3. The van der Waals surface area contributed by atoms with Gasteiger partial charge in [-0.25, -0.2) is 0 Å². The third-order valence-electron chi connectivity index (χ3n) is 2.97. The zero-order valence-electron chi connectivity index (χ0n) is 10.1. The van der Waals surface area contributed by atoms with Gasteiger partial charge >= 0.3 is 0 Å². The molecule has 92 valence electrons. The van der Waals surface area contributed by atoms with Crippen LogP contribution in [0.4, 0.5) is 0 Å². The lowest BCUT2D eigenvalue weighted by Gasteiger charge is -2.37. The molecule has 4 nitrogen and oxygen atoms in total. The molecule has 1 aliphatic rings. The third kappa shape index (κ3) is 3.46. The lowest BCUT2D eigenvalue weighted by molar-refractivity contribution is -0.131. The topological polar surface area (TPSA) is 40.6 Å². The maximum Gasteiger partial charge on any atom is 0.228 e. The summed E-state index contributed by atoms with van der Waals surface area (Å²) >= 11 is 5.54. The largest absolute Gasteiger partial charge is 0.340 e. The Balaban J connectivity index is 2.43. The molecule has 0 aromatic rings. The number of carbonyl (C=O) groups is 2. The van der Waals surface area contributed by atoms with Crippen LogP contribution in [0.2, 0.25) is 0 Å². The second kappa shape index (κ2) is 5.15. The molecular weight excluding hydrogens is 228 g/mol. The molecule has 1 aliphatic heterocycles. The van der Waals surface area contributed by atoms with E-state index in [2.05, 4.69) is 4.90 Å². The van der Waals surface area contributed by atoms with Crippen LogP contribution in [0.25, 0.3) is 0 Å². The van der Waals surface area contributed by atoms with Gasteiger partial charge in [-0.3, -0.25) is 14.5 Å². The van der Waals surface area contributed by atoms with Gasteiger partial charge in [0, 0.05) is 39.6 Å². The zero-order valence-corrected chi connectivity index (χ0v) is 10.9. The van der Waals surface area contributed by atoms with Gasteiger partial charge in [-0.1, -0.05) is 13.8 Å². The van der Waals surface area contributed by atoms with Gasteiger partial charge in [-0.05, 0) is 11.6 Å². The Hall–Kier alpha value is -0.610. The summed E-state index contributed by atoms with van der Waals surface area (Å²) in [5.41, 5.74) is -0.514. The predicted octanol–water partition coefficient (Wildman–Crippen LogP) is 0.942. The highest BCUT2D eigenvalue weighted by molar-refractivity contribution is 6.64. The second-order valence-corrected chi connectivity index (χ2v) is 5.28. The number of carbonyl (C=O) groups excluding carboxylic acids is 2. The molecule has 5 heteroatoms. The van der Waals surface area contributed by atoms with Crippen molar-refractivity contribution in [3.63, 3.8) is 0 Å². The molecule has 0 N–H and O–H groups in total. The quantitative estimate of drug-likeness (QED) is 0.696. The monoisotopic (exact) mass is 246 g/mol. The van der Waals surface area contributed by atoms with Crippen molar-refractivity contribution in [2.24, 2.45) is 5.41 Å². The third-order valence-corrected chi connectivity index (χ3v) is 3.48. The summed E-state index contributed by atoms with van der Waals surface area (Å²) in [6.07, 6.45) is 0. The number of rotatable bonds is 3. The normalized spacial score (nSPS) is 18.6. The van der Waals surface area contributed by atoms with Gasteiger partial charge in [0.2, 0.25) is 11.1 Å². The Labute approximate surface area is 102 Å². The molecule has 0 radical (unpaired) electrons. The minimum absolute atomic E-state index is 0.118. The van der Waals surface area contributed by atoms with Gasteiger partial charge in [0.1, 0.15) is 0 Å². The molecule has 0 saturated carbocycles. The summed E-state index contributed by atoms with van der Waals surface area (Å²) in [4.78, 5) is 26.3. The lowest BCUT2D eigenvalue weighted by atomic mass is 9.94.